The third-order valence-electron chi connectivity index (χ3n) is 4.26. The van der Waals surface area contributed by atoms with Gasteiger partial charge in [0, 0.05) is 5.69 Å². The Morgan fingerprint density at radius 3 is 2.11 bits per heavy atom. The molecule has 2 aromatic rings. The molecule has 0 radical (unpaired) electrons. The second-order valence-electron chi connectivity index (χ2n) is 6.31. The number of carbonyl (C=O) groups excluding carboxylic acids is 3. The zero-order valence-corrected chi connectivity index (χ0v) is 16.3. The average molecular weight is 382 g/mol. The summed E-state index contributed by atoms with van der Waals surface area (Å²) in [4.78, 5) is 35.8. The van der Waals surface area contributed by atoms with Gasteiger partial charge in [-0.25, -0.2) is 0 Å². The largest absolute Gasteiger partial charge is 0.454 e. The normalized spacial score (nSPS) is 10.2. The van der Waals surface area contributed by atoms with Crippen molar-refractivity contribution in [2.75, 3.05) is 18.5 Å². The van der Waals surface area contributed by atoms with Gasteiger partial charge in [0.1, 0.15) is 6.54 Å². The summed E-state index contributed by atoms with van der Waals surface area (Å²) in [6.45, 7) is 3.37. The second kappa shape index (κ2) is 10.9. The number of anilines is 1. The van der Waals surface area contributed by atoms with Gasteiger partial charge in [-0.3, -0.25) is 14.4 Å². The Balaban J connectivity index is 1.77. The molecular formula is C22H26N2O4. The van der Waals surface area contributed by atoms with Crippen LogP contribution in [0, 0.1) is 0 Å². The van der Waals surface area contributed by atoms with Gasteiger partial charge in [-0.2, -0.15) is 0 Å². The molecular weight excluding hydrogens is 356 g/mol. The number of benzene rings is 2. The molecule has 6 heteroatoms. The van der Waals surface area contributed by atoms with Gasteiger partial charge < -0.3 is 15.4 Å². The van der Waals surface area contributed by atoms with Crippen LogP contribution in [-0.2, 0) is 38.4 Å². The molecule has 0 heterocycles. The number of hydrogen-bond acceptors (Lipinski definition) is 4. The van der Waals surface area contributed by atoms with Crippen LogP contribution >= 0.6 is 0 Å². The van der Waals surface area contributed by atoms with E-state index in [0.717, 1.165) is 35.2 Å². The van der Waals surface area contributed by atoms with Crippen LogP contribution in [0.15, 0.2) is 48.5 Å². The predicted octanol–water partition coefficient (Wildman–Crippen LogP) is 2.65. The highest BCUT2D eigenvalue weighted by Gasteiger charge is 2.13. The van der Waals surface area contributed by atoms with E-state index in [0.29, 0.717) is 0 Å². The summed E-state index contributed by atoms with van der Waals surface area (Å²) in [5.74, 6) is -1.34. The van der Waals surface area contributed by atoms with Gasteiger partial charge in [0.2, 0.25) is 5.91 Å². The van der Waals surface area contributed by atoms with E-state index in [-0.39, 0.29) is 18.9 Å². The predicted molar refractivity (Wildman–Crippen MR) is 108 cm³/mol. The van der Waals surface area contributed by atoms with Crippen molar-refractivity contribution in [2.45, 2.75) is 33.1 Å². The molecule has 0 spiro atoms. The Hall–Kier alpha value is -3.15. The Labute approximate surface area is 165 Å². The van der Waals surface area contributed by atoms with E-state index in [4.69, 9.17) is 4.74 Å². The minimum atomic E-state index is -0.656. The van der Waals surface area contributed by atoms with Gasteiger partial charge in [0.15, 0.2) is 6.61 Å². The quantitative estimate of drug-likeness (QED) is 0.653. The minimum Gasteiger partial charge on any atom is -0.454 e. The second-order valence-corrected chi connectivity index (χ2v) is 6.31. The van der Waals surface area contributed by atoms with E-state index in [1.807, 2.05) is 62.4 Å². The first-order chi connectivity index (χ1) is 13.5. The van der Waals surface area contributed by atoms with E-state index in [1.165, 1.54) is 0 Å². The van der Waals surface area contributed by atoms with E-state index < -0.39 is 18.5 Å². The van der Waals surface area contributed by atoms with Crippen LogP contribution in [-0.4, -0.2) is 30.9 Å². The van der Waals surface area contributed by atoms with Gasteiger partial charge in [0.05, 0.1) is 6.42 Å². The molecule has 148 valence electrons. The lowest BCUT2D eigenvalue weighted by atomic mass is 10.0. The zero-order chi connectivity index (χ0) is 20.4. The van der Waals surface area contributed by atoms with Crippen molar-refractivity contribution in [1.29, 1.82) is 0 Å². The average Bonchev–Trinajstić information content (AvgIpc) is 2.71. The molecule has 0 saturated heterocycles. The highest BCUT2D eigenvalue weighted by Crippen LogP contribution is 2.22. The number of nitrogens with one attached hydrogen (secondary N) is 2. The summed E-state index contributed by atoms with van der Waals surface area (Å²) in [5.41, 5.74) is 3.71. The maximum atomic E-state index is 12.2. The summed E-state index contributed by atoms with van der Waals surface area (Å²) in [7, 11) is 0. The number of esters is 1. The van der Waals surface area contributed by atoms with Crippen molar-refractivity contribution in [3.63, 3.8) is 0 Å². The molecule has 28 heavy (non-hydrogen) atoms. The highest BCUT2D eigenvalue weighted by molar-refractivity contribution is 5.94. The molecule has 0 fully saturated rings. The van der Waals surface area contributed by atoms with Gasteiger partial charge in [-0.1, -0.05) is 62.4 Å². The summed E-state index contributed by atoms with van der Waals surface area (Å²) in [6.07, 6.45) is 1.76. The third kappa shape index (κ3) is 6.54. The monoisotopic (exact) mass is 382 g/mol. The number of para-hydroxylation sites is 1. The van der Waals surface area contributed by atoms with Crippen molar-refractivity contribution in [3.05, 3.63) is 65.2 Å². The zero-order valence-electron chi connectivity index (χ0n) is 16.3. The van der Waals surface area contributed by atoms with E-state index in [2.05, 4.69) is 10.6 Å². The van der Waals surface area contributed by atoms with Gasteiger partial charge >= 0.3 is 5.97 Å². The molecule has 0 saturated carbocycles. The van der Waals surface area contributed by atoms with E-state index >= 15 is 0 Å². The highest BCUT2D eigenvalue weighted by atomic mass is 16.5. The molecule has 2 rings (SSSR count). The topological polar surface area (TPSA) is 84.5 Å². The molecule has 2 N–H and O–H groups in total. The summed E-state index contributed by atoms with van der Waals surface area (Å²) >= 11 is 0. The Bertz CT molecular complexity index is 796. The van der Waals surface area contributed by atoms with Gasteiger partial charge in [-0.05, 0) is 29.5 Å². The van der Waals surface area contributed by atoms with Crippen molar-refractivity contribution < 1.29 is 19.1 Å². The van der Waals surface area contributed by atoms with Crippen molar-refractivity contribution in [2.24, 2.45) is 0 Å². The molecule has 6 nitrogen and oxygen atoms in total. The fourth-order valence-electron chi connectivity index (χ4n) is 2.79. The molecule has 0 aliphatic heterocycles. The van der Waals surface area contributed by atoms with Crippen LogP contribution in [0.25, 0.3) is 0 Å². The first kappa shape index (κ1) is 21.2. The van der Waals surface area contributed by atoms with E-state index in [1.54, 1.807) is 0 Å². The lowest BCUT2D eigenvalue weighted by Gasteiger charge is -2.14. The molecule has 0 aliphatic carbocycles. The first-order valence-corrected chi connectivity index (χ1v) is 9.40. The van der Waals surface area contributed by atoms with Crippen molar-refractivity contribution >= 4 is 23.5 Å². The van der Waals surface area contributed by atoms with Crippen molar-refractivity contribution in [3.8, 4) is 0 Å². The molecule has 0 aromatic heterocycles. The fraction of sp³-hybridized carbons (Fsp3) is 0.318. The Kier molecular flexibility index (Phi) is 8.21. The van der Waals surface area contributed by atoms with Crippen LogP contribution in [0.5, 0.6) is 0 Å². The summed E-state index contributed by atoms with van der Waals surface area (Å²) in [6, 6.07) is 15.1. The number of carbonyl (C=O) groups is 3. The number of ether oxygens (including phenoxy) is 1. The van der Waals surface area contributed by atoms with Gasteiger partial charge in [-0.15, -0.1) is 0 Å². The lowest BCUT2D eigenvalue weighted by Crippen LogP contribution is -2.33. The maximum absolute atomic E-state index is 12.2. The molecule has 2 aromatic carbocycles. The molecule has 0 bridgehead atoms. The third-order valence-corrected chi connectivity index (χ3v) is 4.26. The first-order valence-electron chi connectivity index (χ1n) is 9.40. The summed E-state index contributed by atoms with van der Waals surface area (Å²) < 4.78 is 4.96. The standard InChI is InChI=1S/C22H26N2O4/c1-3-17-11-8-12-18(4-2)22(17)24-20(26)15-28-21(27)14-23-19(25)13-16-9-6-5-7-10-16/h5-12H,3-4,13-15H2,1-2H3,(H,23,25)(H,24,26). The van der Waals surface area contributed by atoms with Crippen LogP contribution in [0.4, 0.5) is 5.69 Å². The smallest absolute Gasteiger partial charge is 0.325 e. The molecule has 2 amide bonds. The number of rotatable bonds is 9. The maximum Gasteiger partial charge on any atom is 0.325 e. The number of amides is 2. The SMILES string of the molecule is CCc1cccc(CC)c1NC(=O)COC(=O)CNC(=O)Cc1ccccc1. The van der Waals surface area contributed by atoms with Crippen LogP contribution in [0.2, 0.25) is 0 Å². The number of hydrogen-bond donors (Lipinski definition) is 2. The van der Waals surface area contributed by atoms with Crippen LogP contribution < -0.4 is 10.6 Å². The fourth-order valence-corrected chi connectivity index (χ4v) is 2.79. The molecule has 0 unspecified atom stereocenters. The Morgan fingerprint density at radius 2 is 1.50 bits per heavy atom. The Morgan fingerprint density at radius 1 is 0.857 bits per heavy atom. The molecule has 0 aliphatic rings. The van der Waals surface area contributed by atoms with Crippen molar-refractivity contribution in [1.82, 2.24) is 5.32 Å². The summed E-state index contributed by atoms with van der Waals surface area (Å²) in [5, 5.41) is 5.33. The van der Waals surface area contributed by atoms with E-state index in [9.17, 15) is 14.4 Å². The van der Waals surface area contributed by atoms with Crippen LogP contribution in [0.1, 0.15) is 30.5 Å². The minimum absolute atomic E-state index is 0.183. The number of aryl methyl sites for hydroxylation is 2. The lowest BCUT2D eigenvalue weighted by molar-refractivity contribution is -0.147. The van der Waals surface area contributed by atoms with Crippen LogP contribution in [0.3, 0.4) is 0 Å². The van der Waals surface area contributed by atoms with Gasteiger partial charge in [0.25, 0.3) is 5.91 Å². The molecule has 0 atom stereocenters.